The zero-order valence-electron chi connectivity index (χ0n) is 27.9. The summed E-state index contributed by atoms with van der Waals surface area (Å²) < 4.78 is 46.8. The fourth-order valence-electron chi connectivity index (χ4n) is 4.42. The van der Waals surface area contributed by atoms with Crippen molar-refractivity contribution < 1.29 is 52.1 Å². The van der Waals surface area contributed by atoms with Crippen LogP contribution < -0.4 is 34.1 Å². The third-order valence-electron chi connectivity index (χ3n) is 6.81. The number of fused-ring (bicyclic) bond motifs is 2. The molecule has 49 heavy (non-hydrogen) atoms. The Bertz CT molecular complexity index is 1330. The number of hydrogen-bond donors (Lipinski definition) is 2. The number of nitrogens with one attached hydrogen (secondary N) is 2. The molecule has 0 radical (unpaired) electrons. The molecule has 6 rings (SSSR count). The fourth-order valence-corrected chi connectivity index (χ4v) is 4.42. The van der Waals surface area contributed by atoms with Crippen molar-refractivity contribution in [2.24, 2.45) is 7.05 Å². The molecule has 2 N–H and O–H groups in total. The lowest BCUT2D eigenvalue weighted by Crippen LogP contribution is -2.36. The van der Waals surface area contributed by atoms with E-state index >= 15 is 0 Å². The van der Waals surface area contributed by atoms with Crippen LogP contribution in [0.15, 0.2) is 79.1 Å². The Balaban J connectivity index is 1.25. The van der Waals surface area contributed by atoms with Crippen LogP contribution in [0.2, 0.25) is 0 Å². The van der Waals surface area contributed by atoms with E-state index in [1.807, 2.05) is 36.4 Å². The van der Waals surface area contributed by atoms with Crippen molar-refractivity contribution in [3.63, 3.8) is 0 Å². The summed E-state index contributed by atoms with van der Waals surface area (Å²) in [6.45, 7) is 5.64. The van der Waals surface area contributed by atoms with Gasteiger partial charge in [-0.1, -0.05) is 12.2 Å². The van der Waals surface area contributed by atoms with E-state index in [0.717, 1.165) is 0 Å². The zero-order valence-corrected chi connectivity index (χ0v) is 27.9. The molecule has 6 bridgehead atoms. The Hall–Kier alpha value is -4.69. The Morgan fingerprint density at radius 3 is 1.24 bits per heavy atom. The Kier molecular flexibility index (Phi) is 16.7. The summed E-state index contributed by atoms with van der Waals surface area (Å²) in [5, 5.41) is 5.66. The lowest BCUT2D eigenvalue weighted by Gasteiger charge is -2.10. The van der Waals surface area contributed by atoms with Crippen LogP contribution in [0.25, 0.3) is 0 Å². The summed E-state index contributed by atoms with van der Waals surface area (Å²) in [7, 11) is 1.76. The van der Waals surface area contributed by atoms with E-state index in [1.165, 1.54) is 0 Å². The van der Waals surface area contributed by atoms with Gasteiger partial charge in [-0.15, -0.1) is 0 Å². The van der Waals surface area contributed by atoms with Crippen molar-refractivity contribution in [2.45, 2.75) is 0 Å². The first kappa shape index (κ1) is 37.1. The van der Waals surface area contributed by atoms with Crippen molar-refractivity contribution in [1.29, 1.82) is 0 Å². The standard InChI is InChI=1S/C36H45N3O10/c1-39-27-29-26-30(28-39)36(41)38-13-17-47-32-6-10-34(11-7-32)49-25-23-45-21-19-43-15-3-2-14-42-18-20-44-22-24-48-33-8-4-31(5-9-33)46-16-12-37-35(29)40/h2-11,26-28H,12-25H2,1H3,(H-,37,38,40,41)/p+1/b3-2-. The number of aromatic nitrogens is 1. The molecule has 0 unspecified atom stereocenters. The number of amides is 2. The molecule has 0 saturated heterocycles. The van der Waals surface area contributed by atoms with Crippen molar-refractivity contribution >= 4 is 11.8 Å². The minimum absolute atomic E-state index is 0.266. The third-order valence-corrected chi connectivity index (χ3v) is 6.81. The minimum atomic E-state index is -0.314. The Labute approximate surface area is 287 Å². The van der Waals surface area contributed by atoms with Gasteiger partial charge >= 0.3 is 0 Å². The molecule has 3 aliphatic heterocycles. The highest BCUT2D eigenvalue weighted by Crippen LogP contribution is 2.18. The molecule has 13 heteroatoms. The van der Waals surface area contributed by atoms with Crippen LogP contribution in [0.5, 0.6) is 23.0 Å². The molecule has 4 heterocycles. The first-order valence-electron chi connectivity index (χ1n) is 16.3. The SMILES string of the molecule is C[n+]1cc2cc(c1)C(=O)NCCOc1ccc(cc1)OCCOCCOC/C=C\COCCOCCOc1ccc(cc1)OCCNC2=O. The average Bonchev–Trinajstić information content (AvgIpc) is 3.11. The molecule has 13 nitrogen and oxygen atoms in total. The van der Waals surface area contributed by atoms with Crippen LogP contribution in [0.1, 0.15) is 20.7 Å². The molecule has 264 valence electrons. The van der Waals surface area contributed by atoms with Gasteiger partial charge in [-0.2, -0.15) is 0 Å². The Morgan fingerprint density at radius 1 is 0.490 bits per heavy atom. The van der Waals surface area contributed by atoms with Crippen LogP contribution in [0.3, 0.4) is 0 Å². The first-order valence-corrected chi connectivity index (χ1v) is 16.3. The molecule has 3 aliphatic rings. The van der Waals surface area contributed by atoms with Gasteiger partial charge in [0.1, 0.15) is 67.6 Å². The normalized spacial score (nSPS) is 18.1. The summed E-state index contributed by atoms with van der Waals surface area (Å²) in [6, 6.07) is 16.0. The van der Waals surface area contributed by atoms with Crippen LogP contribution in [-0.2, 0) is 26.0 Å². The van der Waals surface area contributed by atoms with Crippen molar-refractivity contribution in [3.8, 4) is 23.0 Å². The number of ether oxygens (including phenoxy) is 8. The summed E-state index contributed by atoms with van der Waals surface area (Å²) in [5.41, 5.74) is 0.711. The zero-order chi connectivity index (χ0) is 34.4. The van der Waals surface area contributed by atoms with Crippen molar-refractivity contribution in [2.75, 3.05) is 92.4 Å². The predicted molar refractivity (Wildman–Crippen MR) is 180 cm³/mol. The molecular formula is C36H46N3O10+. The number of carbonyl (C=O) groups excluding carboxylic acids is 2. The predicted octanol–water partition coefficient (Wildman–Crippen LogP) is 2.52. The van der Waals surface area contributed by atoms with Gasteiger partial charge in [0.2, 0.25) is 0 Å². The van der Waals surface area contributed by atoms with Gasteiger partial charge in [0.15, 0.2) is 12.4 Å². The van der Waals surface area contributed by atoms with E-state index in [0.29, 0.717) is 100 Å². The van der Waals surface area contributed by atoms with Crippen molar-refractivity contribution in [1.82, 2.24) is 10.6 Å². The lowest BCUT2D eigenvalue weighted by molar-refractivity contribution is -0.671. The molecule has 0 spiro atoms. The average molecular weight is 681 g/mol. The number of nitrogens with zero attached hydrogens (tertiary/aromatic N) is 1. The van der Waals surface area contributed by atoms with Crippen LogP contribution in [0, 0.1) is 0 Å². The van der Waals surface area contributed by atoms with E-state index in [1.54, 1.807) is 54.3 Å². The molecule has 2 amide bonds. The Morgan fingerprint density at radius 2 is 0.837 bits per heavy atom. The minimum Gasteiger partial charge on any atom is -0.492 e. The molecule has 1 aromatic heterocycles. The maximum atomic E-state index is 12.8. The summed E-state index contributed by atoms with van der Waals surface area (Å²) in [4.78, 5) is 25.6. The van der Waals surface area contributed by atoms with Crippen LogP contribution in [0.4, 0.5) is 0 Å². The monoisotopic (exact) mass is 680 g/mol. The second-order valence-electron chi connectivity index (χ2n) is 10.7. The molecular weight excluding hydrogens is 634 g/mol. The second-order valence-corrected chi connectivity index (χ2v) is 10.7. The number of pyridine rings is 1. The number of aryl methyl sites for hydroxylation is 1. The highest BCUT2D eigenvalue weighted by molar-refractivity contribution is 5.98. The highest BCUT2D eigenvalue weighted by atomic mass is 16.6. The van der Waals surface area contributed by atoms with E-state index in [9.17, 15) is 9.59 Å². The molecule has 3 aromatic rings. The number of hydrogen-bond acceptors (Lipinski definition) is 10. The maximum Gasteiger partial charge on any atom is 0.257 e. The van der Waals surface area contributed by atoms with Gasteiger partial charge in [0.25, 0.3) is 11.8 Å². The first-order chi connectivity index (χ1) is 24.1. The quantitative estimate of drug-likeness (QED) is 0.270. The largest absolute Gasteiger partial charge is 0.492 e. The second kappa shape index (κ2) is 22.0. The lowest BCUT2D eigenvalue weighted by atomic mass is 10.2. The molecule has 2 aromatic carbocycles. The van der Waals surface area contributed by atoms with Gasteiger partial charge < -0.3 is 48.5 Å². The van der Waals surface area contributed by atoms with E-state index in [4.69, 9.17) is 37.9 Å². The molecule has 0 aliphatic carbocycles. The van der Waals surface area contributed by atoms with Gasteiger partial charge in [-0.05, 0) is 54.6 Å². The van der Waals surface area contributed by atoms with Gasteiger partial charge in [0.05, 0.1) is 65.9 Å². The third kappa shape index (κ3) is 15.0. The van der Waals surface area contributed by atoms with Gasteiger partial charge in [-0.25, -0.2) is 4.57 Å². The molecule has 0 atom stereocenters. The maximum absolute atomic E-state index is 12.8. The number of rotatable bonds is 0. The summed E-state index contributed by atoms with van der Waals surface area (Å²) >= 11 is 0. The number of carbonyl (C=O) groups is 2. The van der Waals surface area contributed by atoms with Gasteiger partial charge in [-0.3, -0.25) is 9.59 Å². The van der Waals surface area contributed by atoms with Gasteiger partial charge in [0, 0.05) is 0 Å². The topological polar surface area (TPSA) is 136 Å². The van der Waals surface area contributed by atoms with Crippen LogP contribution >= 0.6 is 0 Å². The fraction of sp³-hybridized carbons (Fsp3) is 0.417. The summed E-state index contributed by atoms with van der Waals surface area (Å²) in [6.07, 6.45) is 7.13. The highest BCUT2D eigenvalue weighted by Gasteiger charge is 2.16. The number of benzene rings is 2. The van der Waals surface area contributed by atoms with E-state index < -0.39 is 0 Å². The van der Waals surface area contributed by atoms with Crippen LogP contribution in [-0.4, -0.2) is 104 Å². The smallest absolute Gasteiger partial charge is 0.257 e. The van der Waals surface area contributed by atoms with E-state index in [2.05, 4.69) is 10.6 Å². The molecule has 0 fully saturated rings. The van der Waals surface area contributed by atoms with Crippen molar-refractivity contribution in [3.05, 3.63) is 90.3 Å². The molecule has 0 saturated carbocycles. The van der Waals surface area contributed by atoms with E-state index in [-0.39, 0.29) is 38.1 Å². The summed E-state index contributed by atoms with van der Waals surface area (Å²) in [5.74, 6) is 2.06.